The zero-order valence-corrected chi connectivity index (χ0v) is 20.0. The number of nitrogens with one attached hydrogen (secondary N) is 2. The number of ether oxygens (including phenoxy) is 1. The molecule has 1 unspecified atom stereocenters. The second kappa shape index (κ2) is 11.5. The van der Waals surface area contributed by atoms with Gasteiger partial charge in [-0.25, -0.2) is 19.1 Å². The number of carbonyl (C=O) groups is 1. The number of anilines is 3. The maximum Gasteiger partial charge on any atom is 0.327 e. The summed E-state index contributed by atoms with van der Waals surface area (Å²) < 4.78 is 18.6. The molecule has 0 bridgehead atoms. The Morgan fingerprint density at radius 3 is 2.52 bits per heavy atom. The van der Waals surface area contributed by atoms with Gasteiger partial charge in [-0.1, -0.05) is 34.8 Å². The molecule has 0 spiro atoms. The molecule has 1 heterocycles. The van der Waals surface area contributed by atoms with Crippen LogP contribution in [0.5, 0.6) is 0 Å². The van der Waals surface area contributed by atoms with Crippen LogP contribution in [-0.4, -0.2) is 35.8 Å². The lowest BCUT2D eigenvalue weighted by Gasteiger charge is -2.23. The largest absolute Gasteiger partial charge is 0.383 e. The van der Waals surface area contributed by atoms with Gasteiger partial charge < -0.3 is 15.4 Å². The second-order valence-corrected chi connectivity index (χ2v) is 8.22. The van der Waals surface area contributed by atoms with Crippen LogP contribution in [-0.2, 0) is 11.3 Å². The third-order valence-electron chi connectivity index (χ3n) is 4.51. The third-order valence-corrected chi connectivity index (χ3v) is 5.70. The highest BCUT2D eigenvalue weighted by atomic mass is 35.5. The third kappa shape index (κ3) is 6.45. The molecule has 0 aliphatic rings. The number of halogens is 4. The van der Waals surface area contributed by atoms with Gasteiger partial charge in [-0.05, 0) is 43.3 Å². The maximum atomic E-state index is 13.5. The Morgan fingerprint density at radius 1 is 1.12 bits per heavy atom. The average Bonchev–Trinajstić information content (AvgIpc) is 2.78. The van der Waals surface area contributed by atoms with E-state index >= 15 is 0 Å². The van der Waals surface area contributed by atoms with Crippen LogP contribution in [0, 0.1) is 5.82 Å². The molecule has 0 fully saturated rings. The zero-order valence-electron chi connectivity index (χ0n) is 17.8. The molecule has 3 rings (SSSR count). The van der Waals surface area contributed by atoms with Crippen LogP contribution in [0.1, 0.15) is 12.5 Å². The predicted molar refractivity (Wildman–Crippen MR) is 129 cm³/mol. The second-order valence-electron chi connectivity index (χ2n) is 7.03. The summed E-state index contributed by atoms with van der Waals surface area (Å²) in [6.45, 7) is 2.36. The molecule has 0 radical (unpaired) electrons. The number of carbonyl (C=O) groups excluding carboxylic acids is 1. The summed E-state index contributed by atoms with van der Waals surface area (Å²) in [5, 5.41) is 6.79. The summed E-state index contributed by atoms with van der Waals surface area (Å²) in [5.74, 6) is 0.137. The standard InChI is InChI=1S/C22H21Cl3FN5O2/c1-13(12-33-2)29-21-27-10-9-19(30-21)31(15-5-3-14(26)4-6-15)22(32)28-11-16-17(23)7-8-18(24)20(16)25/h3-10,13H,11-12H2,1-2H3,(H,28,32)(H,27,29,30). The molecule has 0 saturated heterocycles. The molecule has 1 atom stereocenters. The monoisotopic (exact) mass is 511 g/mol. The molecule has 33 heavy (non-hydrogen) atoms. The minimum atomic E-state index is -0.539. The first-order valence-corrected chi connectivity index (χ1v) is 11.0. The minimum Gasteiger partial charge on any atom is -0.383 e. The van der Waals surface area contributed by atoms with E-state index in [0.717, 1.165) is 0 Å². The number of nitrogens with zero attached hydrogens (tertiary/aromatic N) is 3. The summed E-state index contributed by atoms with van der Waals surface area (Å²) >= 11 is 18.5. The molecule has 0 aliphatic heterocycles. The van der Waals surface area contributed by atoms with Crippen molar-refractivity contribution in [3.63, 3.8) is 0 Å². The molecule has 7 nitrogen and oxygen atoms in total. The van der Waals surface area contributed by atoms with Crippen molar-refractivity contribution in [2.24, 2.45) is 0 Å². The van der Waals surface area contributed by atoms with Crippen LogP contribution in [0.2, 0.25) is 15.1 Å². The van der Waals surface area contributed by atoms with Crippen LogP contribution in [0.15, 0.2) is 48.7 Å². The fraction of sp³-hybridized carbons (Fsp3) is 0.227. The fourth-order valence-electron chi connectivity index (χ4n) is 2.97. The van der Waals surface area contributed by atoms with Gasteiger partial charge in [0.1, 0.15) is 11.6 Å². The molecular weight excluding hydrogens is 492 g/mol. The molecule has 174 valence electrons. The van der Waals surface area contributed by atoms with Crippen LogP contribution in [0.25, 0.3) is 0 Å². The summed E-state index contributed by atoms with van der Waals surface area (Å²) in [6, 6.07) is 9.57. The molecule has 1 aromatic heterocycles. The predicted octanol–water partition coefficient (Wildman–Crippen LogP) is 6.07. The van der Waals surface area contributed by atoms with Gasteiger partial charge in [0.2, 0.25) is 5.95 Å². The number of methoxy groups -OCH3 is 1. The molecule has 2 aromatic carbocycles. The lowest BCUT2D eigenvalue weighted by Crippen LogP contribution is -2.37. The van der Waals surface area contributed by atoms with E-state index in [9.17, 15) is 9.18 Å². The highest BCUT2D eigenvalue weighted by molar-refractivity contribution is 6.44. The van der Waals surface area contributed by atoms with Crippen molar-refractivity contribution in [1.29, 1.82) is 0 Å². The lowest BCUT2D eigenvalue weighted by molar-refractivity contribution is 0.190. The van der Waals surface area contributed by atoms with Crippen molar-refractivity contribution in [3.05, 3.63) is 75.1 Å². The summed E-state index contributed by atoms with van der Waals surface area (Å²) in [6.07, 6.45) is 1.51. The minimum absolute atomic E-state index is 0.00974. The van der Waals surface area contributed by atoms with E-state index in [-0.39, 0.29) is 23.4 Å². The maximum absolute atomic E-state index is 13.5. The van der Waals surface area contributed by atoms with Gasteiger partial charge in [0.25, 0.3) is 0 Å². The van der Waals surface area contributed by atoms with E-state index in [1.54, 1.807) is 25.3 Å². The van der Waals surface area contributed by atoms with Gasteiger partial charge in [-0.3, -0.25) is 0 Å². The Labute approximate surface area is 205 Å². The van der Waals surface area contributed by atoms with Crippen LogP contribution in [0.4, 0.5) is 26.6 Å². The van der Waals surface area contributed by atoms with Crippen molar-refractivity contribution in [1.82, 2.24) is 15.3 Å². The Bertz CT molecular complexity index is 1120. The molecule has 0 aliphatic carbocycles. The van der Waals surface area contributed by atoms with Gasteiger partial charge >= 0.3 is 6.03 Å². The summed E-state index contributed by atoms with van der Waals surface area (Å²) in [5.41, 5.74) is 0.864. The van der Waals surface area contributed by atoms with Crippen LogP contribution >= 0.6 is 34.8 Å². The summed E-state index contributed by atoms with van der Waals surface area (Å²) in [7, 11) is 1.59. The van der Waals surface area contributed by atoms with E-state index in [0.29, 0.717) is 33.9 Å². The van der Waals surface area contributed by atoms with Crippen molar-refractivity contribution in [3.8, 4) is 0 Å². The molecule has 11 heteroatoms. The van der Waals surface area contributed by atoms with Gasteiger partial charge in [0.15, 0.2) is 0 Å². The number of amides is 2. The van der Waals surface area contributed by atoms with Crippen molar-refractivity contribution >= 4 is 58.3 Å². The van der Waals surface area contributed by atoms with E-state index in [1.807, 2.05) is 6.92 Å². The molecule has 2 N–H and O–H groups in total. The lowest BCUT2D eigenvalue weighted by atomic mass is 10.2. The SMILES string of the molecule is COCC(C)Nc1nccc(N(C(=O)NCc2c(Cl)ccc(Cl)c2Cl)c2ccc(F)cc2)n1. The van der Waals surface area contributed by atoms with E-state index in [2.05, 4.69) is 20.6 Å². The smallest absolute Gasteiger partial charge is 0.327 e. The molecule has 0 saturated carbocycles. The van der Waals surface area contributed by atoms with Gasteiger partial charge in [-0.2, -0.15) is 4.98 Å². The number of hydrogen-bond acceptors (Lipinski definition) is 5. The first kappa shape index (κ1) is 25.0. The van der Waals surface area contributed by atoms with E-state index in [4.69, 9.17) is 39.5 Å². The fourth-order valence-corrected chi connectivity index (χ4v) is 3.65. The first-order chi connectivity index (χ1) is 15.8. The highest BCUT2D eigenvalue weighted by Crippen LogP contribution is 2.31. The molecular formula is C22H21Cl3FN5O2. The number of aromatic nitrogens is 2. The number of urea groups is 1. The number of benzene rings is 2. The number of rotatable bonds is 8. The van der Waals surface area contributed by atoms with Crippen molar-refractivity contribution in [2.45, 2.75) is 19.5 Å². The van der Waals surface area contributed by atoms with E-state index in [1.165, 1.54) is 35.4 Å². The zero-order chi connectivity index (χ0) is 24.0. The Balaban J connectivity index is 1.90. The van der Waals surface area contributed by atoms with Crippen LogP contribution in [0.3, 0.4) is 0 Å². The topological polar surface area (TPSA) is 79.4 Å². The summed E-state index contributed by atoms with van der Waals surface area (Å²) in [4.78, 5) is 23.2. The van der Waals surface area contributed by atoms with Gasteiger partial charge in [0.05, 0.1) is 22.3 Å². The van der Waals surface area contributed by atoms with Crippen molar-refractivity contribution < 1.29 is 13.9 Å². The van der Waals surface area contributed by atoms with E-state index < -0.39 is 11.8 Å². The van der Waals surface area contributed by atoms with Crippen molar-refractivity contribution in [2.75, 3.05) is 23.9 Å². The first-order valence-electron chi connectivity index (χ1n) is 9.84. The normalized spacial score (nSPS) is 11.7. The Morgan fingerprint density at radius 2 is 1.82 bits per heavy atom. The van der Waals surface area contributed by atoms with Gasteiger partial charge in [0, 0.05) is 42.5 Å². The highest BCUT2D eigenvalue weighted by Gasteiger charge is 2.21. The molecule has 3 aromatic rings. The Kier molecular flexibility index (Phi) is 8.68. The molecule has 2 amide bonds. The van der Waals surface area contributed by atoms with Crippen LogP contribution < -0.4 is 15.5 Å². The average molecular weight is 513 g/mol. The van der Waals surface area contributed by atoms with Gasteiger partial charge in [-0.15, -0.1) is 0 Å². The Hall–Kier alpha value is -2.65. The quantitative estimate of drug-likeness (QED) is 0.358. The number of hydrogen-bond donors (Lipinski definition) is 2.